The van der Waals surface area contributed by atoms with Gasteiger partial charge in [-0.25, -0.2) is 14.8 Å². The van der Waals surface area contributed by atoms with Crippen LogP contribution in [0.25, 0.3) is 5.57 Å². The van der Waals surface area contributed by atoms with Gasteiger partial charge in [0.25, 0.3) is 0 Å². The topological polar surface area (TPSA) is 81.5 Å². The maximum atomic E-state index is 12.9. The van der Waals surface area contributed by atoms with E-state index in [1.54, 1.807) is 13.8 Å². The van der Waals surface area contributed by atoms with E-state index in [1.807, 2.05) is 0 Å². The molecule has 0 fully saturated rings. The summed E-state index contributed by atoms with van der Waals surface area (Å²) in [7, 11) is 0. The number of carbonyl (C=O) groups excluding carboxylic acids is 1. The third kappa shape index (κ3) is 7.25. The number of alkyl halides is 6. The first-order valence-corrected chi connectivity index (χ1v) is 13.3. The quantitative estimate of drug-likeness (QED) is 0.162. The highest BCUT2D eigenvalue weighted by molar-refractivity contribution is 7.99. The number of aliphatic hydroxyl groups excluding tert-OH is 1. The molecule has 1 N–H and O–H groups in total. The Morgan fingerprint density at radius 3 is 2.32 bits per heavy atom. The Labute approximate surface area is 239 Å². The molecule has 2 unspecified atom stereocenters. The van der Waals surface area contributed by atoms with Crippen molar-refractivity contribution in [2.75, 3.05) is 5.75 Å². The zero-order valence-electron chi connectivity index (χ0n) is 21.3. The molecule has 0 aliphatic carbocycles. The van der Waals surface area contributed by atoms with Gasteiger partial charge in [-0.3, -0.25) is 0 Å². The molecule has 2 aromatic heterocycles. The number of carbonyl (C=O) groups is 1. The second-order valence-corrected chi connectivity index (χ2v) is 10.7. The van der Waals surface area contributed by atoms with Crippen LogP contribution in [0.1, 0.15) is 35.6 Å². The molecule has 0 radical (unpaired) electrons. The smallest absolute Gasteiger partial charge is 0.417 e. The predicted molar refractivity (Wildman–Crippen MR) is 139 cm³/mol. The predicted octanol–water partition coefficient (Wildman–Crippen LogP) is 8.28. The van der Waals surface area contributed by atoms with Crippen LogP contribution in [-0.2, 0) is 21.9 Å². The summed E-state index contributed by atoms with van der Waals surface area (Å²) < 4.78 is 87.8. The Hall–Kier alpha value is -3.45. The SMILES string of the molecule is Cc1cc(Oc2ncc(C(F)(F)F)cc2Cl)ccc1C1=C(O)CC(C(C)CSc2ccc(C(F)(F)F)cn2)OC1=O. The number of thioether (sulfide) groups is 1. The molecule has 218 valence electrons. The van der Waals surface area contributed by atoms with E-state index in [2.05, 4.69) is 9.97 Å². The van der Waals surface area contributed by atoms with Crippen LogP contribution in [0.2, 0.25) is 5.02 Å². The van der Waals surface area contributed by atoms with Crippen molar-refractivity contribution in [3.8, 4) is 11.6 Å². The molecule has 41 heavy (non-hydrogen) atoms. The minimum absolute atomic E-state index is 0.0199. The third-order valence-electron chi connectivity index (χ3n) is 6.15. The Morgan fingerprint density at radius 1 is 1.07 bits per heavy atom. The van der Waals surface area contributed by atoms with E-state index in [0.717, 1.165) is 12.3 Å². The molecule has 1 aromatic carbocycles. The molecule has 0 bridgehead atoms. The fourth-order valence-corrected chi connectivity index (χ4v) is 5.08. The first-order valence-electron chi connectivity index (χ1n) is 11.9. The highest BCUT2D eigenvalue weighted by Crippen LogP contribution is 2.38. The lowest BCUT2D eigenvalue weighted by Gasteiger charge is -2.29. The highest BCUT2D eigenvalue weighted by atomic mass is 35.5. The van der Waals surface area contributed by atoms with Crippen LogP contribution in [0, 0.1) is 12.8 Å². The molecule has 2 atom stereocenters. The first kappa shape index (κ1) is 30.5. The molecule has 4 rings (SSSR count). The second kappa shape index (κ2) is 11.8. The summed E-state index contributed by atoms with van der Waals surface area (Å²) in [6.45, 7) is 3.42. The Bertz CT molecular complexity index is 1480. The lowest BCUT2D eigenvalue weighted by molar-refractivity contribution is -0.146. The highest BCUT2D eigenvalue weighted by Gasteiger charge is 2.35. The number of ether oxygens (including phenoxy) is 2. The molecule has 14 heteroatoms. The number of aryl methyl sites for hydroxylation is 1. The van der Waals surface area contributed by atoms with Crippen LogP contribution < -0.4 is 4.74 Å². The lowest BCUT2D eigenvalue weighted by Crippen LogP contribution is -2.32. The summed E-state index contributed by atoms with van der Waals surface area (Å²) in [4.78, 5) is 20.3. The van der Waals surface area contributed by atoms with E-state index >= 15 is 0 Å². The van der Waals surface area contributed by atoms with E-state index < -0.39 is 35.6 Å². The van der Waals surface area contributed by atoms with E-state index in [4.69, 9.17) is 21.1 Å². The van der Waals surface area contributed by atoms with Crippen LogP contribution in [0.4, 0.5) is 26.3 Å². The molecule has 1 aliphatic rings. The van der Waals surface area contributed by atoms with Crippen molar-refractivity contribution in [1.82, 2.24) is 9.97 Å². The maximum absolute atomic E-state index is 12.9. The van der Waals surface area contributed by atoms with Crippen LogP contribution in [0.3, 0.4) is 0 Å². The zero-order chi connectivity index (χ0) is 30.1. The monoisotopic (exact) mass is 618 g/mol. The number of hydrogen-bond donors (Lipinski definition) is 1. The van der Waals surface area contributed by atoms with E-state index in [9.17, 15) is 36.2 Å². The molecule has 3 heterocycles. The average Bonchev–Trinajstić information content (AvgIpc) is 2.88. The average molecular weight is 619 g/mol. The van der Waals surface area contributed by atoms with Crippen molar-refractivity contribution in [3.63, 3.8) is 0 Å². The largest absolute Gasteiger partial charge is 0.511 e. The normalized spacial score (nSPS) is 16.9. The molecule has 3 aromatic rings. The number of aliphatic hydroxyl groups is 1. The van der Waals surface area contributed by atoms with Crippen molar-refractivity contribution in [3.05, 3.63) is 81.8 Å². The number of halogens is 7. The summed E-state index contributed by atoms with van der Waals surface area (Å²) in [6, 6.07) is 7.33. The number of cyclic esters (lactones) is 1. The van der Waals surface area contributed by atoms with E-state index in [-0.39, 0.29) is 40.3 Å². The third-order valence-corrected chi connectivity index (χ3v) is 7.66. The standard InChI is InChI=1S/C27H21ClF6N2O4S/c1-13-7-17(39-24-19(28)8-16(11-36-24)27(32,33)34)4-5-18(13)23-20(37)9-21(40-25(23)38)14(2)12-41-22-6-3-15(10-35-22)26(29,30)31/h3-8,10-11,14,21,37H,9,12H2,1-2H3. The molecule has 6 nitrogen and oxygen atoms in total. The summed E-state index contributed by atoms with van der Waals surface area (Å²) >= 11 is 7.10. The van der Waals surface area contributed by atoms with Crippen LogP contribution in [0.5, 0.6) is 11.6 Å². The number of hydrogen-bond acceptors (Lipinski definition) is 7. The minimum Gasteiger partial charge on any atom is -0.511 e. The summed E-state index contributed by atoms with van der Waals surface area (Å²) in [6.07, 6.45) is -8.41. The fourth-order valence-electron chi connectivity index (χ4n) is 3.94. The zero-order valence-corrected chi connectivity index (χ0v) is 22.9. The van der Waals surface area contributed by atoms with E-state index in [1.165, 1.54) is 36.0 Å². The number of pyridine rings is 2. The van der Waals surface area contributed by atoms with Gasteiger partial charge in [0, 0.05) is 30.5 Å². The molecule has 1 aliphatic heterocycles. The van der Waals surface area contributed by atoms with Crippen molar-refractivity contribution in [1.29, 1.82) is 0 Å². The van der Waals surface area contributed by atoms with Crippen molar-refractivity contribution >= 4 is 34.9 Å². The molecular formula is C27H21ClF6N2O4S. The van der Waals surface area contributed by atoms with Gasteiger partial charge in [-0.1, -0.05) is 24.6 Å². The van der Waals surface area contributed by atoms with Gasteiger partial charge >= 0.3 is 18.3 Å². The van der Waals surface area contributed by atoms with Crippen LogP contribution in [0.15, 0.2) is 59.6 Å². The fraction of sp³-hybridized carbons (Fsp3) is 0.296. The second-order valence-electron chi connectivity index (χ2n) is 9.23. The number of aromatic nitrogens is 2. The van der Waals surface area contributed by atoms with Gasteiger partial charge in [-0.05, 0) is 48.4 Å². The molecular weight excluding hydrogens is 598 g/mol. The van der Waals surface area contributed by atoms with Gasteiger partial charge in [0.2, 0.25) is 5.88 Å². The van der Waals surface area contributed by atoms with Crippen LogP contribution >= 0.6 is 23.4 Å². The number of benzene rings is 1. The summed E-state index contributed by atoms with van der Waals surface area (Å²) in [5.41, 5.74) is -1.06. The Morgan fingerprint density at radius 2 is 1.76 bits per heavy atom. The Balaban J connectivity index is 1.43. The maximum Gasteiger partial charge on any atom is 0.417 e. The number of nitrogens with zero attached hydrogens (tertiary/aromatic N) is 2. The van der Waals surface area contributed by atoms with Gasteiger partial charge in [0.1, 0.15) is 28.2 Å². The number of rotatable bonds is 7. The van der Waals surface area contributed by atoms with Gasteiger partial charge < -0.3 is 14.6 Å². The van der Waals surface area contributed by atoms with Gasteiger partial charge in [0.15, 0.2) is 0 Å². The molecule has 0 saturated heterocycles. The van der Waals surface area contributed by atoms with Crippen LogP contribution in [-0.4, -0.2) is 32.9 Å². The van der Waals surface area contributed by atoms with E-state index in [0.29, 0.717) is 34.2 Å². The molecule has 0 saturated carbocycles. The van der Waals surface area contributed by atoms with Gasteiger partial charge in [-0.2, -0.15) is 26.3 Å². The van der Waals surface area contributed by atoms with Gasteiger partial charge in [0.05, 0.1) is 16.2 Å². The minimum atomic E-state index is -4.61. The first-order chi connectivity index (χ1) is 19.1. The molecule has 0 amide bonds. The lowest BCUT2D eigenvalue weighted by atomic mass is 9.92. The summed E-state index contributed by atoms with van der Waals surface area (Å²) in [5, 5.41) is 10.8. The van der Waals surface area contributed by atoms with Crippen molar-refractivity contribution in [2.24, 2.45) is 5.92 Å². The Kier molecular flexibility index (Phi) is 8.78. The number of esters is 1. The molecule has 0 spiro atoms. The summed E-state index contributed by atoms with van der Waals surface area (Å²) in [5.74, 6) is -0.913. The van der Waals surface area contributed by atoms with Crippen molar-refractivity contribution in [2.45, 2.75) is 43.8 Å². The van der Waals surface area contributed by atoms with Crippen molar-refractivity contribution < 1.29 is 45.7 Å². The van der Waals surface area contributed by atoms with Gasteiger partial charge in [-0.15, -0.1) is 11.8 Å².